The minimum Gasteiger partial charge on any atom is -0.368 e. The third kappa shape index (κ3) is 5.41. The first-order valence-corrected chi connectivity index (χ1v) is 8.67. The highest BCUT2D eigenvalue weighted by Gasteiger charge is 2.12. The molecule has 2 heterocycles. The Balaban J connectivity index is 2.13. The molecule has 7 nitrogen and oxygen atoms in total. The van der Waals surface area contributed by atoms with Gasteiger partial charge in [-0.25, -0.2) is 9.97 Å². The van der Waals surface area contributed by atoms with Gasteiger partial charge in [-0.05, 0) is 37.8 Å². The monoisotopic (exact) mass is 342 g/mol. The van der Waals surface area contributed by atoms with Crippen LogP contribution in [-0.2, 0) is 12.8 Å². The number of rotatable bonds is 9. The van der Waals surface area contributed by atoms with E-state index in [4.69, 9.17) is 11.5 Å². The molecule has 0 spiro atoms. The van der Waals surface area contributed by atoms with Crippen LogP contribution in [0.2, 0.25) is 0 Å². The quantitative estimate of drug-likeness (QED) is 0.643. The SMILES string of the molecule is CCCC(CC)Nc1nc(N)ncc1CCc1cccc(C(N)=O)n1. The van der Waals surface area contributed by atoms with Crippen molar-refractivity contribution in [2.24, 2.45) is 5.73 Å². The smallest absolute Gasteiger partial charge is 0.267 e. The molecule has 2 aromatic rings. The van der Waals surface area contributed by atoms with Crippen molar-refractivity contribution in [2.45, 2.75) is 52.0 Å². The summed E-state index contributed by atoms with van der Waals surface area (Å²) in [5.41, 5.74) is 13.1. The number of hydrogen-bond acceptors (Lipinski definition) is 6. The number of pyridine rings is 1. The molecule has 2 rings (SSSR count). The fraction of sp³-hybridized carbons (Fsp3) is 0.444. The van der Waals surface area contributed by atoms with Gasteiger partial charge in [0.1, 0.15) is 11.5 Å². The topological polar surface area (TPSA) is 120 Å². The van der Waals surface area contributed by atoms with Crippen LogP contribution >= 0.6 is 0 Å². The Labute approximate surface area is 148 Å². The third-order valence-corrected chi connectivity index (χ3v) is 4.06. The van der Waals surface area contributed by atoms with Crippen molar-refractivity contribution in [2.75, 3.05) is 11.1 Å². The van der Waals surface area contributed by atoms with Crippen molar-refractivity contribution < 1.29 is 4.79 Å². The average Bonchev–Trinajstić information content (AvgIpc) is 2.60. The molecule has 0 aliphatic heterocycles. The molecular formula is C18H26N6O. The van der Waals surface area contributed by atoms with Crippen LogP contribution < -0.4 is 16.8 Å². The Morgan fingerprint density at radius 3 is 2.72 bits per heavy atom. The number of carbonyl (C=O) groups excluding carboxylic acids is 1. The predicted octanol–water partition coefficient (Wildman–Crippen LogP) is 2.33. The van der Waals surface area contributed by atoms with E-state index in [0.29, 0.717) is 18.9 Å². The van der Waals surface area contributed by atoms with E-state index in [-0.39, 0.29) is 11.6 Å². The number of anilines is 2. The van der Waals surface area contributed by atoms with Crippen LogP contribution in [0, 0.1) is 0 Å². The standard InChI is InChI=1S/C18H26N6O/c1-3-6-13(4-2)23-17-12(11-21-18(20)24-17)9-10-14-7-5-8-15(22-14)16(19)25/h5,7-8,11,13H,3-4,6,9-10H2,1-2H3,(H2,19,25)(H3,20,21,23,24). The second-order valence-electron chi connectivity index (χ2n) is 6.02. The molecule has 0 radical (unpaired) electrons. The largest absolute Gasteiger partial charge is 0.368 e. The normalized spacial score (nSPS) is 11.9. The predicted molar refractivity (Wildman–Crippen MR) is 99.2 cm³/mol. The van der Waals surface area contributed by atoms with E-state index in [9.17, 15) is 4.79 Å². The van der Waals surface area contributed by atoms with E-state index >= 15 is 0 Å². The van der Waals surface area contributed by atoms with Gasteiger partial charge in [0.2, 0.25) is 5.95 Å². The highest BCUT2D eigenvalue weighted by molar-refractivity contribution is 5.90. The zero-order valence-corrected chi connectivity index (χ0v) is 14.8. The molecular weight excluding hydrogens is 316 g/mol. The lowest BCUT2D eigenvalue weighted by Gasteiger charge is -2.19. The number of nitrogens with zero attached hydrogens (tertiary/aromatic N) is 3. The van der Waals surface area contributed by atoms with Crippen LogP contribution in [0.4, 0.5) is 11.8 Å². The third-order valence-electron chi connectivity index (χ3n) is 4.06. The summed E-state index contributed by atoms with van der Waals surface area (Å²) in [6.07, 6.45) is 6.29. The van der Waals surface area contributed by atoms with Gasteiger partial charge in [-0.3, -0.25) is 4.79 Å². The Kier molecular flexibility index (Phi) is 6.68. The number of aromatic nitrogens is 3. The van der Waals surface area contributed by atoms with Crippen molar-refractivity contribution in [1.82, 2.24) is 15.0 Å². The molecule has 0 fully saturated rings. The number of nitrogen functional groups attached to an aromatic ring is 1. The molecule has 0 aromatic carbocycles. The van der Waals surface area contributed by atoms with Crippen LogP contribution in [-0.4, -0.2) is 26.9 Å². The van der Waals surface area contributed by atoms with Crippen LogP contribution in [0.3, 0.4) is 0 Å². The molecule has 1 amide bonds. The second kappa shape index (κ2) is 8.96. The number of carbonyl (C=O) groups is 1. The first-order chi connectivity index (χ1) is 12.0. The van der Waals surface area contributed by atoms with Gasteiger partial charge in [-0.1, -0.05) is 26.3 Å². The molecule has 0 aliphatic carbocycles. The van der Waals surface area contributed by atoms with Crippen LogP contribution in [0.15, 0.2) is 24.4 Å². The Hall–Kier alpha value is -2.70. The second-order valence-corrected chi connectivity index (χ2v) is 6.02. The van der Waals surface area contributed by atoms with E-state index in [1.54, 1.807) is 18.3 Å². The summed E-state index contributed by atoms with van der Waals surface area (Å²) in [5.74, 6) is 0.510. The highest BCUT2D eigenvalue weighted by atomic mass is 16.1. The van der Waals surface area contributed by atoms with Crippen LogP contribution in [0.25, 0.3) is 0 Å². The molecule has 0 bridgehead atoms. The molecule has 5 N–H and O–H groups in total. The molecule has 0 aliphatic rings. The maximum absolute atomic E-state index is 11.3. The van der Waals surface area contributed by atoms with Gasteiger partial charge < -0.3 is 16.8 Å². The summed E-state index contributed by atoms with van der Waals surface area (Å²) in [6.45, 7) is 4.31. The maximum atomic E-state index is 11.3. The van der Waals surface area contributed by atoms with Gasteiger partial charge in [0.05, 0.1) is 0 Å². The van der Waals surface area contributed by atoms with E-state index in [2.05, 4.69) is 34.1 Å². The number of hydrogen-bond donors (Lipinski definition) is 3. The zero-order chi connectivity index (χ0) is 18.2. The number of primary amides is 1. The van der Waals surface area contributed by atoms with Gasteiger partial charge in [0.25, 0.3) is 5.91 Å². The van der Waals surface area contributed by atoms with Crippen molar-refractivity contribution in [1.29, 1.82) is 0 Å². The summed E-state index contributed by atoms with van der Waals surface area (Å²) >= 11 is 0. The maximum Gasteiger partial charge on any atom is 0.267 e. The highest BCUT2D eigenvalue weighted by Crippen LogP contribution is 2.18. The summed E-state index contributed by atoms with van der Waals surface area (Å²) in [7, 11) is 0. The summed E-state index contributed by atoms with van der Waals surface area (Å²) < 4.78 is 0. The van der Waals surface area contributed by atoms with Crippen molar-refractivity contribution in [3.05, 3.63) is 41.3 Å². The molecule has 1 unspecified atom stereocenters. The van der Waals surface area contributed by atoms with E-state index in [0.717, 1.165) is 36.3 Å². The van der Waals surface area contributed by atoms with Crippen LogP contribution in [0.5, 0.6) is 0 Å². The minimum absolute atomic E-state index is 0.256. The first kappa shape index (κ1) is 18.6. The van der Waals surface area contributed by atoms with Gasteiger partial charge in [0.15, 0.2) is 0 Å². The molecule has 134 valence electrons. The summed E-state index contributed by atoms with van der Waals surface area (Å²) in [5, 5.41) is 3.48. The molecule has 1 atom stereocenters. The average molecular weight is 342 g/mol. The van der Waals surface area contributed by atoms with Crippen molar-refractivity contribution in [3.8, 4) is 0 Å². The molecule has 25 heavy (non-hydrogen) atoms. The lowest BCUT2D eigenvalue weighted by Crippen LogP contribution is -2.20. The molecule has 0 saturated heterocycles. The van der Waals surface area contributed by atoms with E-state index < -0.39 is 5.91 Å². The minimum atomic E-state index is -0.523. The number of aryl methyl sites for hydroxylation is 2. The Morgan fingerprint density at radius 2 is 2.04 bits per heavy atom. The van der Waals surface area contributed by atoms with Crippen molar-refractivity contribution in [3.63, 3.8) is 0 Å². The lowest BCUT2D eigenvalue weighted by atomic mass is 10.1. The molecule has 2 aromatic heterocycles. The fourth-order valence-corrected chi connectivity index (χ4v) is 2.67. The summed E-state index contributed by atoms with van der Waals surface area (Å²) in [6, 6.07) is 5.63. The lowest BCUT2D eigenvalue weighted by molar-refractivity contribution is 0.0995. The Morgan fingerprint density at radius 1 is 1.24 bits per heavy atom. The van der Waals surface area contributed by atoms with Crippen molar-refractivity contribution >= 4 is 17.7 Å². The van der Waals surface area contributed by atoms with Gasteiger partial charge in [0, 0.05) is 23.5 Å². The molecule has 7 heteroatoms. The van der Waals surface area contributed by atoms with Gasteiger partial charge in [-0.15, -0.1) is 0 Å². The summed E-state index contributed by atoms with van der Waals surface area (Å²) in [4.78, 5) is 24.0. The van der Waals surface area contributed by atoms with E-state index in [1.165, 1.54) is 0 Å². The van der Waals surface area contributed by atoms with E-state index in [1.807, 2.05) is 6.07 Å². The van der Waals surface area contributed by atoms with Gasteiger partial charge >= 0.3 is 0 Å². The molecule has 0 saturated carbocycles. The first-order valence-electron chi connectivity index (χ1n) is 8.67. The number of amides is 1. The number of nitrogens with two attached hydrogens (primary N) is 2. The van der Waals surface area contributed by atoms with Crippen LogP contribution in [0.1, 0.15) is 54.9 Å². The Bertz CT molecular complexity index is 718. The zero-order valence-electron chi connectivity index (χ0n) is 14.8. The van der Waals surface area contributed by atoms with Gasteiger partial charge in [-0.2, -0.15) is 4.98 Å². The fourth-order valence-electron chi connectivity index (χ4n) is 2.67. The number of nitrogens with one attached hydrogen (secondary N) is 1.